The molecule has 3 aliphatic heterocycles. The van der Waals surface area contributed by atoms with Crippen LogP contribution in [0.2, 0.25) is 0 Å². The third-order valence-corrected chi connectivity index (χ3v) is 9.50. The quantitative estimate of drug-likeness (QED) is 0.561. The average molecular weight is 595 g/mol. The number of nitrogens with one attached hydrogen (secondary N) is 1. The minimum Gasteiger partial charge on any atom is -0.493 e. The number of methoxy groups -OCH3 is 2. The number of aromatic nitrogens is 1. The second-order valence-electron chi connectivity index (χ2n) is 12.4. The number of aryl methyl sites for hydroxylation is 4. The van der Waals surface area contributed by atoms with Gasteiger partial charge in [-0.2, -0.15) is 0 Å². The van der Waals surface area contributed by atoms with Crippen LogP contribution in [-0.2, 0) is 33.6 Å². The van der Waals surface area contributed by atoms with Crippen molar-refractivity contribution in [1.29, 1.82) is 0 Å². The molecule has 1 aromatic carbocycles. The van der Waals surface area contributed by atoms with Gasteiger partial charge >= 0.3 is 0 Å². The number of hydrogen-bond acceptors (Lipinski definition) is 7. The van der Waals surface area contributed by atoms with Crippen molar-refractivity contribution in [2.24, 2.45) is 11.8 Å². The predicted octanol–water partition coefficient (Wildman–Crippen LogP) is 3.78. The molecule has 3 aliphatic rings. The molecule has 43 heavy (non-hydrogen) atoms. The Balaban J connectivity index is 1.31. The largest absolute Gasteiger partial charge is 0.493 e. The first kappa shape index (κ1) is 30.9. The van der Waals surface area contributed by atoms with Crippen LogP contribution in [0.1, 0.15) is 73.1 Å². The maximum atomic E-state index is 13.8. The lowest BCUT2D eigenvalue weighted by Gasteiger charge is -2.51. The van der Waals surface area contributed by atoms with E-state index in [0.717, 1.165) is 53.8 Å². The molecular weight excluding hydrogens is 548 g/mol. The number of rotatable bonds is 5. The molecule has 10 nitrogen and oxygen atoms in total. The Morgan fingerprint density at radius 1 is 1.05 bits per heavy atom. The number of fused-ring (bicyclic) bond motifs is 6. The Bertz CT molecular complexity index is 1300. The van der Waals surface area contributed by atoms with Crippen molar-refractivity contribution in [3.8, 4) is 11.5 Å². The van der Waals surface area contributed by atoms with Crippen LogP contribution in [0, 0.1) is 25.7 Å². The summed E-state index contributed by atoms with van der Waals surface area (Å²) in [5, 5.41) is 7.08. The third-order valence-electron chi connectivity index (χ3n) is 9.50. The van der Waals surface area contributed by atoms with E-state index in [1.807, 2.05) is 24.8 Å². The highest BCUT2D eigenvalue weighted by molar-refractivity contribution is 5.78. The number of amides is 3. The van der Waals surface area contributed by atoms with E-state index in [-0.39, 0.29) is 35.6 Å². The van der Waals surface area contributed by atoms with Gasteiger partial charge < -0.3 is 29.1 Å². The molecule has 10 heteroatoms. The standard InChI is InChI=1S/C33H46N4O6/c1-21-27(22(2)43-35-21)11-13-31(39)36-18-24-16-26(20-36)28-8-5-9-30(38)34-14-6-7-25-15-23(10-12-32(40)37(28)19-24)17-29(41-3)33(25)42-4/h15,17,24,26,28H,5-14,16,18-20H2,1-4H3,(H,34,38)/t24-,26-,28-/m0/s1. The number of carbonyl (C=O) groups is 3. The Hall–Kier alpha value is -3.56. The van der Waals surface area contributed by atoms with Gasteiger partial charge in [-0.1, -0.05) is 11.2 Å². The van der Waals surface area contributed by atoms with Gasteiger partial charge in [-0.15, -0.1) is 0 Å². The van der Waals surface area contributed by atoms with Crippen LogP contribution in [0.3, 0.4) is 0 Å². The van der Waals surface area contributed by atoms with Crippen molar-refractivity contribution in [3.63, 3.8) is 0 Å². The van der Waals surface area contributed by atoms with Crippen molar-refractivity contribution in [3.05, 3.63) is 40.3 Å². The van der Waals surface area contributed by atoms with Gasteiger partial charge in [-0.05, 0) is 87.8 Å². The Kier molecular flexibility index (Phi) is 9.93. The smallest absolute Gasteiger partial charge is 0.223 e. The molecule has 0 spiro atoms. The van der Waals surface area contributed by atoms with Crippen molar-refractivity contribution < 1.29 is 28.4 Å². The number of benzene rings is 1. The van der Waals surface area contributed by atoms with Crippen LogP contribution < -0.4 is 14.8 Å². The van der Waals surface area contributed by atoms with Gasteiger partial charge in [-0.3, -0.25) is 14.4 Å². The van der Waals surface area contributed by atoms with Crippen LogP contribution in [0.25, 0.3) is 0 Å². The number of nitrogens with zero attached hydrogens (tertiary/aromatic N) is 3. The molecule has 234 valence electrons. The summed E-state index contributed by atoms with van der Waals surface area (Å²) in [4.78, 5) is 43.9. The second kappa shape index (κ2) is 13.8. The Morgan fingerprint density at radius 3 is 2.63 bits per heavy atom. The number of carbonyl (C=O) groups excluding carboxylic acids is 3. The highest BCUT2D eigenvalue weighted by Crippen LogP contribution is 2.37. The van der Waals surface area contributed by atoms with Crippen molar-refractivity contribution in [2.45, 2.75) is 84.1 Å². The van der Waals surface area contributed by atoms with E-state index in [9.17, 15) is 14.4 Å². The van der Waals surface area contributed by atoms with Gasteiger partial charge in [0, 0.05) is 57.0 Å². The van der Waals surface area contributed by atoms with Gasteiger partial charge in [0.1, 0.15) is 5.76 Å². The van der Waals surface area contributed by atoms with E-state index in [2.05, 4.69) is 21.4 Å². The summed E-state index contributed by atoms with van der Waals surface area (Å²) in [6.45, 7) is 6.37. The zero-order chi connectivity index (χ0) is 30.5. The summed E-state index contributed by atoms with van der Waals surface area (Å²) in [5.41, 5.74) is 3.92. The lowest BCUT2D eigenvalue weighted by molar-refractivity contribution is -0.145. The molecule has 4 bridgehead atoms. The molecule has 3 amide bonds. The van der Waals surface area contributed by atoms with Gasteiger partial charge in [-0.25, -0.2) is 0 Å². The highest BCUT2D eigenvalue weighted by Gasteiger charge is 2.43. The molecular formula is C33H46N4O6. The van der Waals surface area contributed by atoms with Gasteiger partial charge in [0.25, 0.3) is 0 Å². The molecule has 0 radical (unpaired) electrons. The van der Waals surface area contributed by atoms with Crippen LogP contribution in [0.5, 0.6) is 11.5 Å². The number of ether oxygens (including phenoxy) is 2. The lowest BCUT2D eigenvalue weighted by atomic mass is 9.77. The fraction of sp³-hybridized carbons (Fsp3) is 0.636. The van der Waals surface area contributed by atoms with Crippen molar-refractivity contribution in [1.82, 2.24) is 20.3 Å². The molecule has 2 saturated heterocycles. The normalized spacial score (nSPS) is 23.4. The first-order valence-electron chi connectivity index (χ1n) is 15.8. The molecule has 4 heterocycles. The molecule has 0 aliphatic carbocycles. The number of piperidine rings is 2. The first-order valence-corrected chi connectivity index (χ1v) is 15.8. The molecule has 1 N–H and O–H groups in total. The highest BCUT2D eigenvalue weighted by atomic mass is 16.5. The van der Waals surface area contributed by atoms with Crippen molar-refractivity contribution in [2.75, 3.05) is 40.4 Å². The van der Waals surface area contributed by atoms with Crippen LogP contribution in [0.15, 0.2) is 16.7 Å². The molecule has 1 aromatic heterocycles. The fourth-order valence-corrected chi connectivity index (χ4v) is 7.35. The molecule has 0 saturated carbocycles. The van der Waals surface area contributed by atoms with E-state index in [1.54, 1.807) is 14.2 Å². The minimum atomic E-state index is 0.0172. The molecule has 3 atom stereocenters. The van der Waals surface area contributed by atoms with Crippen LogP contribution in [-0.4, -0.2) is 79.1 Å². The maximum absolute atomic E-state index is 13.8. The number of hydrogen-bond donors (Lipinski definition) is 1. The van der Waals surface area contributed by atoms with Crippen molar-refractivity contribution >= 4 is 17.7 Å². The number of likely N-dealkylation sites (tertiary alicyclic amines) is 1. The Morgan fingerprint density at radius 2 is 1.88 bits per heavy atom. The second-order valence-corrected chi connectivity index (χ2v) is 12.4. The van der Waals surface area contributed by atoms with E-state index in [0.29, 0.717) is 76.2 Å². The predicted molar refractivity (Wildman–Crippen MR) is 161 cm³/mol. The van der Waals surface area contributed by atoms with Crippen LogP contribution >= 0.6 is 0 Å². The Labute approximate surface area is 254 Å². The summed E-state index contributed by atoms with van der Waals surface area (Å²) in [5.74, 6) is 2.93. The van der Waals surface area contributed by atoms with E-state index in [4.69, 9.17) is 14.0 Å². The summed E-state index contributed by atoms with van der Waals surface area (Å²) in [7, 11) is 3.27. The maximum Gasteiger partial charge on any atom is 0.223 e. The molecule has 5 rings (SSSR count). The van der Waals surface area contributed by atoms with Gasteiger partial charge in [0.05, 0.1) is 19.9 Å². The zero-order valence-corrected chi connectivity index (χ0v) is 26.1. The monoisotopic (exact) mass is 594 g/mol. The molecule has 2 fully saturated rings. The summed E-state index contributed by atoms with van der Waals surface area (Å²) < 4.78 is 16.6. The fourth-order valence-electron chi connectivity index (χ4n) is 7.35. The summed E-state index contributed by atoms with van der Waals surface area (Å²) in [6.07, 6.45) is 6.51. The first-order chi connectivity index (χ1) is 20.8. The van der Waals surface area contributed by atoms with Gasteiger partial charge in [0.2, 0.25) is 17.7 Å². The van der Waals surface area contributed by atoms with E-state index < -0.39 is 0 Å². The van der Waals surface area contributed by atoms with Gasteiger partial charge in [0.15, 0.2) is 11.5 Å². The zero-order valence-electron chi connectivity index (χ0n) is 26.1. The molecule has 2 aromatic rings. The topological polar surface area (TPSA) is 114 Å². The summed E-state index contributed by atoms with van der Waals surface area (Å²) >= 11 is 0. The van der Waals surface area contributed by atoms with Crippen LogP contribution in [0.4, 0.5) is 0 Å². The average Bonchev–Trinajstić information content (AvgIpc) is 3.32. The minimum absolute atomic E-state index is 0.0172. The SMILES string of the molecule is COc1cc2cc(c1OC)CCCNC(=O)CCC[C@H]1[C@H]3C[C@@H](CN(C(=O)CCc4c(C)noc4C)C3)CN1C(=O)CC2. The third kappa shape index (κ3) is 7.16. The van der Waals surface area contributed by atoms with E-state index in [1.165, 1.54) is 0 Å². The lowest BCUT2D eigenvalue weighted by Crippen LogP contribution is -2.60. The van der Waals surface area contributed by atoms with E-state index >= 15 is 0 Å². The molecule has 0 unspecified atom stereocenters. The summed E-state index contributed by atoms with van der Waals surface area (Å²) in [6, 6.07) is 4.09.